The number of rotatable bonds is 6. The lowest BCUT2D eigenvalue weighted by Crippen LogP contribution is -2.34. The van der Waals surface area contributed by atoms with Gasteiger partial charge in [-0.15, -0.1) is 11.3 Å². The summed E-state index contributed by atoms with van der Waals surface area (Å²) >= 11 is 1.17. The van der Waals surface area contributed by atoms with E-state index in [9.17, 15) is 19.7 Å². The molecule has 0 spiro atoms. The topological polar surface area (TPSA) is 107 Å². The minimum atomic E-state index is -1.57. The van der Waals surface area contributed by atoms with Crippen LogP contribution in [0.1, 0.15) is 10.8 Å². The molecule has 1 rings (SSSR count). The van der Waals surface area contributed by atoms with Crippen LogP contribution in [0.4, 0.5) is 0 Å². The Labute approximate surface area is 106 Å². The van der Waals surface area contributed by atoms with Crippen molar-refractivity contribution in [3.63, 3.8) is 0 Å². The van der Waals surface area contributed by atoms with Gasteiger partial charge in [-0.1, -0.05) is 6.07 Å². The standard InChI is InChI=1S/C10H11NO6S/c1-17-10(14)8(9(12)13)6(5-11(15)16)7-3-2-4-18-7/h2-4,6,8H,5H2,1H3,(H,12,13). The Kier molecular flexibility index (Phi) is 4.78. The summed E-state index contributed by atoms with van der Waals surface area (Å²) in [6.45, 7) is -0.632. The van der Waals surface area contributed by atoms with Crippen molar-refractivity contribution in [1.82, 2.24) is 0 Å². The largest absolute Gasteiger partial charge is 0.481 e. The number of hydrogen-bond donors (Lipinski definition) is 1. The van der Waals surface area contributed by atoms with Crippen molar-refractivity contribution < 1.29 is 24.4 Å². The second-order valence-corrected chi connectivity index (χ2v) is 4.46. The molecule has 7 nitrogen and oxygen atoms in total. The minimum Gasteiger partial charge on any atom is -0.481 e. The molecule has 1 aromatic heterocycles. The van der Waals surface area contributed by atoms with Gasteiger partial charge in [-0.3, -0.25) is 19.7 Å². The van der Waals surface area contributed by atoms with E-state index in [1.165, 1.54) is 11.3 Å². The van der Waals surface area contributed by atoms with Crippen molar-refractivity contribution in [2.24, 2.45) is 5.92 Å². The van der Waals surface area contributed by atoms with Gasteiger partial charge >= 0.3 is 11.9 Å². The molecule has 0 aliphatic heterocycles. The first-order chi connectivity index (χ1) is 8.47. The molecule has 1 N–H and O–H groups in total. The van der Waals surface area contributed by atoms with Crippen LogP contribution in [-0.2, 0) is 14.3 Å². The number of thiophene rings is 1. The molecule has 0 saturated carbocycles. The predicted octanol–water partition coefficient (Wildman–Crippen LogP) is 0.982. The number of esters is 1. The zero-order valence-electron chi connectivity index (χ0n) is 9.44. The van der Waals surface area contributed by atoms with Crippen LogP contribution in [-0.4, -0.2) is 35.6 Å². The molecular weight excluding hydrogens is 262 g/mol. The van der Waals surface area contributed by atoms with Gasteiger partial charge in [0.1, 0.15) is 0 Å². The Morgan fingerprint density at radius 1 is 1.61 bits per heavy atom. The SMILES string of the molecule is COC(=O)C(C(=O)O)C(C[N+](=O)[O-])c1cccs1. The molecule has 2 unspecified atom stereocenters. The van der Waals surface area contributed by atoms with Gasteiger partial charge in [0.15, 0.2) is 5.92 Å². The number of aliphatic carboxylic acids is 1. The van der Waals surface area contributed by atoms with Crippen LogP contribution < -0.4 is 0 Å². The minimum absolute atomic E-state index is 0.476. The highest BCUT2D eigenvalue weighted by Crippen LogP contribution is 2.30. The number of nitro groups is 1. The number of carboxylic acid groups (broad SMARTS) is 1. The van der Waals surface area contributed by atoms with Gasteiger partial charge in [-0.05, 0) is 11.4 Å². The zero-order valence-corrected chi connectivity index (χ0v) is 10.3. The first-order valence-corrected chi connectivity index (χ1v) is 5.81. The highest BCUT2D eigenvalue weighted by Gasteiger charge is 2.40. The number of hydrogen-bond acceptors (Lipinski definition) is 6. The summed E-state index contributed by atoms with van der Waals surface area (Å²) in [6, 6.07) is 3.21. The lowest BCUT2D eigenvalue weighted by Gasteiger charge is -2.17. The van der Waals surface area contributed by atoms with E-state index in [0.717, 1.165) is 7.11 Å². The summed E-state index contributed by atoms with van der Waals surface area (Å²) in [4.78, 5) is 33.0. The number of ether oxygens (including phenoxy) is 1. The van der Waals surface area contributed by atoms with E-state index >= 15 is 0 Å². The molecule has 0 aromatic carbocycles. The Morgan fingerprint density at radius 2 is 2.28 bits per heavy atom. The van der Waals surface area contributed by atoms with Crippen LogP contribution in [0, 0.1) is 16.0 Å². The lowest BCUT2D eigenvalue weighted by atomic mass is 9.91. The van der Waals surface area contributed by atoms with Gasteiger partial charge in [0.25, 0.3) is 0 Å². The molecule has 0 aliphatic carbocycles. The molecule has 0 bridgehead atoms. The van der Waals surface area contributed by atoms with Crippen molar-refractivity contribution in [1.29, 1.82) is 0 Å². The third-order valence-electron chi connectivity index (χ3n) is 2.38. The molecule has 1 aromatic rings. The van der Waals surface area contributed by atoms with E-state index in [1.54, 1.807) is 17.5 Å². The van der Waals surface area contributed by atoms with Gasteiger partial charge in [0.05, 0.1) is 13.0 Å². The van der Waals surface area contributed by atoms with Gasteiger partial charge < -0.3 is 9.84 Å². The highest BCUT2D eigenvalue weighted by molar-refractivity contribution is 7.10. The Morgan fingerprint density at radius 3 is 2.67 bits per heavy atom. The maximum Gasteiger partial charge on any atom is 0.320 e. The molecule has 0 radical (unpaired) electrons. The Hall–Kier alpha value is -1.96. The smallest absolute Gasteiger partial charge is 0.320 e. The van der Waals surface area contributed by atoms with Crippen LogP contribution in [0.5, 0.6) is 0 Å². The predicted molar refractivity (Wildman–Crippen MR) is 62.1 cm³/mol. The fourth-order valence-corrected chi connectivity index (χ4v) is 2.44. The summed E-state index contributed by atoms with van der Waals surface area (Å²) in [6.07, 6.45) is 0. The second kappa shape index (κ2) is 6.10. The molecule has 0 fully saturated rings. The van der Waals surface area contributed by atoms with Crippen molar-refractivity contribution in [2.75, 3.05) is 13.7 Å². The number of carboxylic acids is 1. The van der Waals surface area contributed by atoms with Crippen molar-refractivity contribution in [3.05, 3.63) is 32.5 Å². The normalized spacial score (nSPS) is 13.6. The molecule has 1 heterocycles. The van der Waals surface area contributed by atoms with E-state index in [0.29, 0.717) is 4.88 Å². The van der Waals surface area contributed by atoms with E-state index in [1.807, 2.05) is 0 Å². The number of carbonyl (C=O) groups excluding carboxylic acids is 1. The maximum absolute atomic E-state index is 11.5. The maximum atomic E-state index is 11.5. The summed E-state index contributed by atoms with van der Waals surface area (Å²) < 4.78 is 4.40. The third kappa shape index (κ3) is 3.27. The first-order valence-electron chi connectivity index (χ1n) is 4.93. The Balaban J connectivity index is 3.10. The molecule has 98 valence electrons. The molecule has 2 atom stereocenters. The van der Waals surface area contributed by atoms with Crippen LogP contribution in [0.3, 0.4) is 0 Å². The average molecular weight is 273 g/mol. The number of methoxy groups -OCH3 is 1. The molecular formula is C10H11NO6S. The number of nitrogens with zero attached hydrogens (tertiary/aromatic N) is 1. The average Bonchev–Trinajstić information content (AvgIpc) is 2.80. The highest BCUT2D eigenvalue weighted by atomic mass is 32.1. The lowest BCUT2D eigenvalue weighted by molar-refractivity contribution is -0.484. The molecule has 18 heavy (non-hydrogen) atoms. The van der Waals surface area contributed by atoms with Gasteiger partial charge in [-0.2, -0.15) is 0 Å². The summed E-state index contributed by atoms with van der Waals surface area (Å²) in [5.41, 5.74) is 0. The fourth-order valence-electron chi connectivity index (χ4n) is 1.59. The van der Waals surface area contributed by atoms with E-state index in [4.69, 9.17) is 5.11 Å². The second-order valence-electron chi connectivity index (χ2n) is 3.48. The summed E-state index contributed by atoms with van der Waals surface area (Å²) in [5, 5.41) is 21.3. The zero-order chi connectivity index (χ0) is 13.7. The monoisotopic (exact) mass is 273 g/mol. The third-order valence-corrected chi connectivity index (χ3v) is 3.38. The van der Waals surface area contributed by atoms with Crippen molar-refractivity contribution in [3.8, 4) is 0 Å². The van der Waals surface area contributed by atoms with Gasteiger partial charge in [-0.25, -0.2) is 0 Å². The molecule has 0 aliphatic rings. The van der Waals surface area contributed by atoms with Gasteiger partial charge in [0, 0.05) is 9.80 Å². The Bertz CT molecular complexity index is 443. The van der Waals surface area contributed by atoms with Crippen molar-refractivity contribution in [2.45, 2.75) is 5.92 Å². The molecule has 0 amide bonds. The fraction of sp³-hybridized carbons (Fsp3) is 0.400. The van der Waals surface area contributed by atoms with E-state index < -0.39 is 35.2 Å². The first kappa shape index (κ1) is 14.1. The quantitative estimate of drug-likeness (QED) is 0.358. The van der Waals surface area contributed by atoms with Crippen LogP contribution >= 0.6 is 11.3 Å². The van der Waals surface area contributed by atoms with Crippen LogP contribution in [0.15, 0.2) is 17.5 Å². The van der Waals surface area contributed by atoms with Crippen LogP contribution in [0.2, 0.25) is 0 Å². The molecule has 0 saturated heterocycles. The number of carbonyl (C=O) groups is 2. The van der Waals surface area contributed by atoms with Gasteiger partial charge in [0.2, 0.25) is 6.54 Å². The van der Waals surface area contributed by atoms with E-state index in [2.05, 4.69) is 4.74 Å². The van der Waals surface area contributed by atoms with E-state index in [-0.39, 0.29) is 0 Å². The summed E-state index contributed by atoms with van der Waals surface area (Å²) in [7, 11) is 1.05. The summed E-state index contributed by atoms with van der Waals surface area (Å²) in [5.74, 6) is -5.01. The van der Waals surface area contributed by atoms with Crippen LogP contribution in [0.25, 0.3) is 0 Å². The van der Waals surface area contributed by atoms with Crippen molar-refractivity contribution >= 4 is 23.3 Å². The molecule has 8 heteroatoms.